The van der Waals surface area contributed by atoms with E-state index in [0.29, 0.717) is 12.6 Å². The molecule has 0 saturated carbocycles. The lowest BCUT2D eigenvalue weighted by Gasteiger charge is -2.31. The van der Waals surface area contributed by atoms with Crippen molar-refractivity contribution in [1.29, 1.82) is 0 Å². The highest BCUT2D eigenvalue weighted by Gasteiger charge is 2.23. The summed E-state index contributed by atoms with van der Waals surface area (Å²) in [5.41, 5.74) is 0.735. The van der Waals surface area contributed by atoms with Crippen molar-refractivity contribution in [3.05, 3.63) is 34.1 Å². The fourth-order valence-electron chi connectivity index (χ4n) is 2.88. The first-order chi connectivity index (χ1) is 10.1. The molecule has 1 aliphatic heterocycles. The van der Waals surface area contributed by atoms with E-state index in [9.17, 15) is 4.39 Å². The van der Waals surface area contributed by atoms with E-state index in [4.69, 9.17) is 4.74 Å². The molecule has 0 aliphatic carbocycles. The molecule has 2 atom stereocenters. The number of benzene rings is 1. The molecule has 21 heavy (non-hydrogen) atoms. The summed E-state index contributed by atoms with van der Waals surface area (Å²) in [4.78, 5) is 2.30. The highest BCUT2D eigenvalue weighted by atomic mass is 79.9. The fourth-order valence-corrected chi connectivity index (χ4v) is 3.26. The third-order valence-electron chi connectivity index (χ3n) is 4.16. The van der Waals surface area contributed by atoms with Crippen molar-refractivity contribution in [3.8, 4) is 0 Å². The number of nitrogens with one attached hydrogen (secondary N) is 1. The number of halogens is 2. The Kier molecular flexibility index (Phi) is 6.61. The topological polar surface area (TPSA) is 24.5 Å². The molecule has 0 radical (unpaired) electrons. The minimum atomic E-state index is -0.146. The molecule has 0 spiro atoms. The van der Waals surface area contributed by atoms with Gasteiger partial charge < -0.3 is 10.1 Å². The monoisotopic (exact) mass is 358 g/mol. The van der Waals surface area contributed by atoms with Gasteiger partial charge >= 0.3 is 0 Å². The van der Waals surface area contributed by atoms with Crippen LogP contribution in [0.3, 0.4) is 0 Å². The molecule has 5 heteroatoms. The Morgan fingerprint density at radius 3 is 3.00 bits per heavy atom. The number of hydrogen-bond acceptors (Lipinski definition) is 3. The summed E-state index contributed by atoms with van der Waals surface area (Å²) in [5, 5.41) is 3.51. The molecule has 1 saturated heterocycles. The Morgan fingerprint density at radius 1 is 1.52 bits per heavy atom. The Morgan fingerprint density at radius 2 is 2.33 bits per heavy atom. The summed E-state index contributed by atoms with van der Waals surface area (Å²) in [5.74, 6) is -0.146. The van der Waals surface area contributed by atoms with E-state index in [0.717, 1.165) is 29.7 Å². The molecule has 3 nitrogen and oxygen atoms in total. The predicted octanol–water partition coefficient (Wildman–Crippen LogP) is 3.35. The van der Waals surface area contributed by atoms with E-state index in [1.165, 1.54) is 18.9 Å². The normalized spacial score (nSPS) is 20.1. The SMILES string of the molecule is COCCN(CC1CCCN1)C(C)c1cc(Br)ccc1F. The summed E-state index contributed by atoms with van der Waals surface area (Å²) < 4.78 is 20.2. The van der Waals surface area contributed by atoms with Gasteiger partial charge in [0.05, 0.1) is 6.61 Å². The van der Waals surface area contributed by atoms with Gasteiger partial charge in [0.15, 0.2) is 0 Å². The van der Waals surface area contributed by atoms with Gasteiger partial charge in [-0.15, -0.1) is 0 Å². The fraction of sp³-hybridized carbons (Fsp3) is 0.625. The standard InChI is InChI=1S/C16H24BrFN2O/c1-12(15-10-13(17)5-6-16(15)18)20(8-9-21-2)11-14-4-3-7-19-14/h5-6,10,12,14,19H,3-4,7-9,11H2,1-2H3. The molecule has 0 amide bonds. The first-order valence-corrected chi connectivity index (χ1v) is 8.32. The molecule has 1 aromatic carbocycles. The van der Waals surface area contributed by atoms with E-state index in [1.54, 1.807) is 13.2 Å². The van der Waals surface area contributed by atoms with Gasteiger partial charge in [-0.05, 0) is 44.5 Å². The lowest BCUT2D eigenvalue weighted by molar-refractivity contribution is 0.116. The van der Waals surface area contributed by atoms with E-state index in [2.05, 4.69) is 33.1 Å². The number of hydrogen-bond donors (Lipinski definition) is 1. The van der Waals surface area contributed by atoms with Gasteiger partial charge in [-0.25, -0.2) is 4.39 Å². The summed E-state index contributed by atoms with van der Waals surface area (Å²) in [6.45, 7) is 5.54. The Bertz CT molecular complexity index is 452. The molecule has 1 N–H and O–H groups in total. The Hall–Kier alpha value is -0.490. The van der Waals surface area contributed by atoms with Gasteiger partial charge in [-0.1, -0.05) is 15.9 Å². The second kappa shape index (κ2) is 8.22. The number of methoxy groups -OCH3 is 1. The average Bonchev–Trinajstić information content (AvgIpc) is 2.98. The van der Waals surface area contributed by atoms with Crippen LogP contribution in [0.5, 0.6) is 0 Å². The first kappa shape index (κ1) is 16.9. The van der Waals surface area contributed by atoms with Gasteiger partial charge in [-0.3, -0.25) is 4.90 Å². The zero-order valence-corrected chi connectivity index (χ0v) is 14.3. The van der Waals surface area contributed by atoms with E-state index in [-0.39, 0.29) is 11.9 Å². The smallest absolute Gasteiger partial charge is 0.128 e. The highest BCUT2D eigenvalue weighted by Crippen LogP contribution is 2.26. The number of rotatable bonds is 7. The first-order valence-electron chi connectivity index (χ1n) is 7.53. The zero-order valence-electron chi connectivity index (χ0n) is 12.7. The number of nitrogens with zero attached hydrogens (tertiary/aromatic N) is 1. The van der Waals surface area contributed by atoms with Crippen molar-refractivity contribution in [3.63, 3.8) is 0 Å². The molecule has 118 valence electrons. The predicted molar refractivity (Wildman–Crippen MR) is 87.0 cm³/mol. The van der Waals surface area contributed by atoms with Crippen molar-refractivity contribution < 1.29 is 9.13 Å². The second-order valence-electron chi connectivity index (χ2n) is 5.62. The van der Waals surface area contributed by atoms with Crippen LogP contribution in [0.2, 0.25) is 0 Å². The summed E-state index contributed by atoms with van der Waals surface area (Å²) in [6.07, 6.45) is 2.42. The molecular weight excluding hydrogens is 335 g/mol. The molecule has 0 bridgehead atoms. The summed E-state index contributed by atoms with van der Waals surface area (Å²) >= 11 is 3.43. The van der Waals surface area contributed by atoms with Gasteiger partial charge in [0, 0.05) is 42.3 Å². The minimum Gasteiger partial charge on any atom is -0.383 e. The van der Waals surface area contributed by atoms with Gasteiger partial charge in [0.1, 0.15) is 5.82 Å². The van der Waals surface area contributed by atoms with Crippen molar-refractivity contribution >= 4 is 15.9 Å². The second-order valence-corrected chi connectivity index (χ2v) is 6.54. The summed E-state index contributed by atoms with van der Waals surface area (Å²) in [7, 11) is 1.70. The maximum absolute atomic E-state index is 14.1. The van der Waals surface area contributed by atoms with Crippen LogP contribution in [0, 0.1) is 5.82 Å². The van der Waals surface area contributed by atoms with Crippen molar-refractivity contribution in [1.82, 2.24) is 10.2 Å². The highest BCUT2D eigenvalue weighted by molar-refractivity contribution is 9.10. The molecule has 0 aromatic heterocycles. The van der Waals surface area contributed by atoms with Crippen LogP contribution < -0.4 is 5.32 Å². The maximum atomic E-state index is 14.1. The maximum Gasteiger partial charge on any atom is 0.128 e. The van der Waals surface area contributed by atoms with Gasteiger partial charge in [0.25, 0.3) is 0 Å². The third kappa shape index (κ3) is 4.74. The minimum absolute atomic E-state index is 0.0278. The van der Waals surface area contributed by atoms with Crippen LogP contribution in [-0.4, -0.2) is 44.3 Å². The van der Waals surface area contributed by atoms with Crippen LogP contribution in [0.1, 0.15) is 31.4 Å². The summed E-state index contributed by atoms with van der Waals surface area (Å²) in [6, 6.07) is 5.67. The average molecular weight is 359 g/mol. The van der Waals surface area contributed by atoms with E-state index >= 15 is 0 Å². The van der Waals surface area contributed by atoms with Crippen LogP contribution in [0.25, 0.3) is 0 Å². The van der Waals surface area contributed by atoms with Gasteiger partial charge in [-0.2, -0.15) is 0 Å². The molecule has 2 rings (SSSR count). The molecule has 2 unspecified atom stereocenters. The lowest BCUT2D eigenvalue weighted by Crippen LogP contribution is -2.40. The van der Waals surface area contributed by atoms with Crippen molar-refractivity contribution in [2.75, 3.05) is 33.4 Å². The molecule has 1 aromatic rings. The van der Waals surface area contributed by atoms with Crippen LogP contribution in [0.4, 0.5) is 4.39 Å². The third-order valence-corrected chi connectivity index (χ3v) is 4.65. The number of ether oxygens (including phenoxy) is 1. The Balaban J connectivity index is 2.11. The van der Waals surface area contributed by atoms with Gasteiger partial charge in [0.2, 0.25) is 0 Å². The lowest BCUT2D eigenvalue weighted by atomic mass is 10.0. The van der Waals surface area contributed by atoms with Crippen molar-refractivity contribution in [2.45, 2.75) is 31.8 Å². The van der Waals surface area contributed by atoms with Crippen LogP contribution in [-0.2, 0) is 4.74 Å². The molecule has 1 fully saturated rings. The molecule has 1 heterocycles. The molecular formula is C16H24BrFN2O. The Labute approximate surface area is 135 Å². The van der Waals surface area contributed by atoms with E-state index in [1.807, 2.05) is 6.07 Å². The van der Waals surface area contributed by atoms with Crippen LogP contribution >= 0.6 is 15.9 Å². The van der Waals surface area contributed by atoms with Crippen molar-refractivity contribution in [2.24, 2.45) is 0 Å². The molecule has 1 aliphatic rings. The zero-order chi connectivity index (χ0) is 15.2. The van der Waals surface area contributed by atoms with Crippen LogP contribution in [0.15, 0.2) is 22.7 Å². The van der Waals surface area contributed by atoms with E-state index < -0.39 is 0 Å². The largest absolute Gasteiger partial charge is 0.383 e. The quantitative estimate of drug-likeness (QED) is 0.808.